The Morgan fingerprint density at radius 1 is 1.42 bits per heavy atom. The van der Waals surface area contributed by atoms with Gasteiger partial charge in [-0.15, -0.1) is 11.3 Å². The Labute approximate surface area is 118 Å². The molecule has 1 aliphatic carbocycles. The molecule has 0 amide bonds. The fraction of sp³-hybridized carbons (Fsp3) is 0.533. The van der Waals surface area contributed by atoms with Crippen molar-refractivity contribution in [3.63, 3.8) is 0 Å². The molecule has 4 heteroatoms. The Hall–Kier alpha value is -1.13. The molecule has 3 rings (SSSR count). The average molecular weight is 275 g/mol. The lowest BCUT2D eigenvalue weighted by Gasteiger charge is -2.20. The first-order valence-electron chi connectivity index (χ1n) is 7.12. The summed E-state index contributed by atoms with van der Waals surface area (Å²) in [4.78, 5) is 5.98. The van der Waals surface area contributed by atoms with E-state index < -0.39 is 0 Å². The van der Waals surface area contributed by atoms with Gasteiger partial charge in [0.05, 0.1) is 12.0 Å². The molecule has 0 aromatic carbocycles. The van der Waals surface area contributed by atoms with Crippen LogP contribution >= 0.6 is 11.3 Å². The van der Waals surface area contributed by atoms with Gasteiger partial charge in [-0.05, 0) is 44.1 Å². The van der Waals surface area contributed by atoms with Crippen LogP contribution in [-0.4, -0.2) is 16.1 Å². The summed E-state index contributed by atoms with van der Waals surface area (Å²) < 4.78 is 2.37. The highest BCUT2D eigenvalue weighted by Crippen LogP contribution is 2.22. The van der Waals surface area contributed by atoms with Gasteiger partial charge in [0, 0.05) is 29.7 Å². The molecule has 0 saturated carbocycles. The molecule has 1 N–H and O–H groups in total. The van der Waals surface area contributed by atoms with E-state index in [1.54, 1.807) is 0 Å². The van der Waals surface area contributed by atoms with E-state index in [0.29, 0.717) is 6.04 Å². The summed E-state index contributed by atoms with van der Waals surface area (Å²) in [5.41, 5.74) is 2.80. The summed E-state index contributed by atoms with van der Waals surface area (Å²) in [5, 5.41) is 5.68. The van der Waals surface area contributed by atoms with Crippen molar-refractivity contribution in [1.29, 1.82) is 0 Å². The van der Waals surface area contributed by atoms with Crippen LogP contribution in [0.25, 0.3) is 0 Å². The molecule has 1 aliphatic rings. The van der Waals surface area contributed by atoms with Gasteiger partial charge in [-0.25, -0.2) is 4.98 Å². The number of hydrogen-bond donors (Lipinski definition) is 1. The molecule has 2 aromatic rings. The average Bonchev–Trinajstić information content (AvgIpc) is 3.07. The molecule has 102 valence electrons. The minimum Gasteiger partial charge on any atom is -0.330 e. The van der Waals surface area contributed by atoms with Crippen molar-refractivity contribution >= 4 is 11.3 Å². The zero-order valence-electron chi connectivity index (χ0n) is 11.4. The summed E-state index contributed by atoms with van der Waals surface area (Å²) in [5.74, 6) is 0. The van der Waals surface area contributed by atoms with Gasteiger partial charge in [-0.3, -0.25) is 0 Å². The van der Waals surface area contributed by atoms with Crippen molar-refractivity contribution in [1.82, 2.24) is 14.9 Å². The van der Waals surface area contributed by atoms with Gasteiger partial charge in [0.25, 0.3) is 0 Å². The van der Waals surface area contributed by atoms with E-state index in [1.807, 2.05) is 17.7 Å². The smallest absolute Gasteiger partial charge is 0.0954 e. The molecule has 0 aliphatic heterocycles. The topological polar surface area (TPSA) is 29.9 Å². The minimum absolute atomic E-state index is 0.481. The van der Waals surface area contributed by atoms with Crippen LogP contribution in [0.3, 0.4) is 0 Å². The van der Waals surface area contributed by atoms with Crippen molar-refractivity contribution in [3.05, 3.63) is 40.1 Å². The normalized spacial score (nSPS) is 16.3. The molecular formula is C15H21N3S. The van der Waals surface area contributed by atoms with E-state index >= 15 is 0 Å². The molecule has 19 heavy (non-hydrogen) atoms. The van der Waals surface area contributed by atoms with Crippen molar-refractivity contribution in [2.75, 3.05) is 6.54 Å². The Kier molecular flexibility index (Phi) is 3.99. The predicted octanol–water partition coefficient (Wildman–Crippen LogP) is 3.17. The SMILES string of the molecule is CC(CNCc1cccs1)n1cnc2c1CCCC2. The van der Waals surface area contributed by atoms with Gasteiger partial charge in [0.2, 0.25) is 0 Å². The largest absolute Gasteiger partial charge is 0.330 e. The summed E-state index contributed by atoms with van der Waals surface area (Å²) in [7, 11) is 0. The molecule has 2 aromatic heterocycles. The summed E-state index contributed by atoms with van der Waals surface area (Å²) >= 11 is 1.81. The van der Waals surface area contributed by atoms with Crippen LogP contribution in [0.15, 0.2) is 23.8 Å². The van der Waals surface area contributed by atoms with Crippen molar-refractivity contribution in [2.24, 2.45) is 0 Å². The fourth-order valence-corrected chi connectivity index (χ4v) is 3.46. The summed E-state index contributed by atoms with van der Waals surface area (Å²) in [6, 6.07) is 4.77. The summed E-state index contributed by atoms with van der Waals surface area (Å²) in [6.07, 6.45) is 7.01. The minimum atomic E-state index is 0.481. The maximum atomic E-state index is 4.57. The lowest BCUT2D eigenvalue weighted by atomic mass is 10.0. The second kappa shape index (κ2) is 5.88. The Morgan fingerprint density at radius 3 is 3.16 bits per heavy atom. The molecule has 2 heterocycles. The van der Waals surface area contributed by atoms with E-state index in [-0.39, 0.29) is 0 Å². The first-order valence-corrected chi connectivity index (χ1v) is 8.00. The molecule has 1 unspecified atom stereocenters. The third kappa shape index (κ3) is 2.90. The molecule has 3 nitrogen and oxygen atoms in total. The van der Waals surface area contributed by atoms with Crippen LogP contribution in [0.5, 0.6) is 0 Å². The fourth-order valence-electron chi connectivity index (χ4n) is 2.79. The monoisotopic (exact) mass is 275 g/mol. The number of aromatic nitrogens is 2. The molecule has 0 spiro atoms. The van der Waals surface area contributed by atoms with Crippen molar-refractivity contribution in [3.8, 4) is 0 Å². The number of nitrogens with zero attached hydrogens (tertiary/aromatic N) is 2. The van der Waals surface area contributed by atoms with Crippen molar-refractivity contribution in [2.45, 2.75) is 45.2 Å². The van der Waals surface area contributed by atoms with Gasteiger partial charge in [-0.2, -0.15) is 0 Å². The molecule has 0 bridgehead atoms. The lowest BCUT2D eigenvalue weighted by Crippen LogP contribution is -2.24. The van der Waals surface area contributed by atoms with E-state index in [4.69, 9.17) is 0 Å². The number of rotatable bonds is 5. The van der Waals surface area contributed by atoms with E-state index in [2.05, 4.69) is 39.3 Å². The van der Waals surface area contributed by atoms with Gasteiger partial charge in [0.1, 0.15) is 0 Å². The maximum absolute atomic E-state index is 4.57. The van der Waals surface area contributed by atoms with Gasteiger partial charge >= 0.3 is 0 Å². The van der Waals surface area contributed by atoms with Crippen LogP contribution in [0.4, 0.5) is 0 Å². The number of nitrogens with one attached hydrogen (secondary N) is 1. The quantitative estimate of drug-likeness (QED) is 0.908. The lowest BCUT2D eigenvalue weighted by molar-refractivity contribution is 0.473. The van der Waals surface area contributed by atoms with Crippen LogP contribution in [0.2, 0.25) is 0 Å². The molecule has 1 atom stereocenters. The second-order valence-electron chi connectivity index (χ2n) is 5.31. The molecule has 0 radical (unpaired) electrons. The number of fused-ring (bicyclic) bond motifs is 1. The van der Waals surface area contributed by atoms with Gasteiger partial charge < -0.3 is 9.88 Å². The zero-order valence-corrected chi connectivity index (χ0v) is 12.2. The highest BCUT2D eigenvalue weighted by Gasteiger charge is 2.17. The van der Waals surface area contributed by atoms with Gasteiger partial charge in [-0.1, -0.05) is 6.07 Å². The van der Waals surface area contributed by atoms with Gasteiger partial charge in [0.15, 0.2) is 0 Å². The van der Waals surface area contributed by atoms with Crippen molar-refractivity contribution < 1.29 is 0 Å². The van der Waals surface area contributed by atoms with E-state index in [0.717, 1.165) is 19.5 Å². The molecular weight excluding hydrogens is 254 g/mol. The third-order valence-electron chi connectivity index (χ3n) is 3.85. The Balaban J connectivity index is 1.58. The Bertz CT molecular complexity index is 515. The van der Waals surface area contributed by atoms with Crippen LogP contribution in [0, 0.1) is 0 Å². The molecule has 0 fully saturated rings. The first kappa shape index (κ1) is 12.9. The van der Waals surface area contributed by atoms with Crippen LogP contribution in [0.1, 0.15) is 42.1 Å². The predicted molar refractivity (Wildman–Crippen MR) is 79.6 cm³/mol. The van der Waals surface area contributed by atoms with Crippen LogP contribution in [-0.2, 0) is 19.4 Å². The number of thiophene rings is 1. The van der Waals surface area contributed by atoms with E-state index in [9.17, 15) is 0 Å². The zero-order chi connectivity index (χ0) is 13.1. The number of hydrogen-bond acceptors (Lipinski definition) is 3. The summed E-state index contributed by atoms with van der Waals surface area (Å²) in [6.45, 7) is 4.25. The highest BCUT2D eigenvalue weighted by molar-refractivity contribution is 7.09. The Morgan fingerprint density at radius 2 is 2.32 bits per heavy atom. The maximum Gasteiger partial charge on any atom is 0.0954 e. The third-order valence-corrected chi connectivity index (χ3v) is 4.73. The van der Waals surface area contributed by atoms with E-state index in [1.165, 1.54) is 35.5 Å². The van der Waals surface area contributed by atoms with Crippen LogP contribution < -0.4 is 5.32 Å². The first-order chi connectivity index (χ1) is 9.34. The second-order valence-corrected chi connectivity index (χ2v) is 6.34. The molecule has 0 saturated heterocycles. The highest BCUT2D eigenvalue weighted by atomic mass is 32.1. The standard InChI is InChI=1S/C15H21N3S/c1-12(9-16-10-13-5-4-8-19-13)18-11-17-14-6-2-3-7-15(14)18/h4-5,8,11-12,16H,2-3,6-7,9-10H2,1H3. The number of imidazole rings is 1. The number of aryl methyl sites for hydroxylation is 1.